The maximum Gasteiger partial charge on any atom is 0.312 e. The van der Waals surface area contributed by atoms with Crippen LogP contribution in [0.25, 0.3) is 0 Å². The van der Waals surface area contributed by atoms with Gasteiger partial charge in [0, 0.05) is 21.3 Å². The van der Waals surface area contributed by atoms with Gasteiger partial charge < -0.3 is 28.4 Å². The van der Waals surface area contributed by atoms with Gasteiger partial charge in [0.2, 0.25) is 0 Å². The normalized spacial score (nSPS) is 29.8. The molecule has 0 amide bonds. The van der Waals surface area contributed by atoms with Gasteiger partial charge in [-0.3, -0.25) is 4.79 Å². The van der Waals surface area contributed by atoms with E-state index in [2.05, 4.69) is 0 Å². The van der Waals surface area contributed by atoms with Gasteiger partial charge in [0.15, 0.2) is 17.6 Å². The van der Waals surface area contributed by atoms with Crippen LogP contribution in [0.1, 0.15) is 26.2 Å². The summed E-state index contributed by atoms with van der Waals surface area (Å²) in [7, 11) is 4.70. The van der Waals surface area contributed by atoms with Crippen LogP contribution in [0.3, 0.4) is 0 Å². The monoisotopic (exact) mass is 404 g/mol. The van der Waals surface area contributed by atoms with Gasteiger partial charge in [0.05, 0.1) is 30.8 Å². The number of carbonyl (C=O) groups excluding carboxylic acids is 1. The standard InChI is InChI=1S/C19H29ClO7/c1-5-25-13(10-12-8-6-7-9-26-19(12)21)16-15(20)18(24-4)17(23-3)14(27-16)11-22-2/h10,12,14,17-18H,5-9,11H2,1-4H3/b13-10-/t12-,14+,17+,18+/m0/s1. The fourth-order valence-corrected chi connectivity index (χ4v) is 3.62. The molecule has 7 nitrogen and oxygen atoms in total. The zero-order valence-corrected chi connectivity index (χ0v) is 17.1. The lowest BCUT2D eigenvalue weighted by Gasteiger charge is -2.37. The molecule has 8 heteroatoms. The molecular weight excluding hydrogens is 376 g/mol. The van der Waals surface area contributed by atoms with Gasteiger partial charge in [-0.25, -0.2) is 0 Å². The van der Waals surface area contributed by atoms with Gasteiger partial charge in [0.25, 0.3) is 0 Å². The fourth-order valence-electron chi connectivity index (χ4n) is 3.27. The van der Waals surface area contributed by atoms with Crippen molar-refractivity contribution in [3.63, 3.8) is 0 Å². The average Bonchev–Trinajstić information content (AvgIpc) is 2.86. The highest BCUT2D eigenvalue weighted by atomic mass is 35.5. The van der Waals surface area contributed by atoms with E-state index in [0.717, 1.165) is 12.8 Å². The van der Waals surface area contributed by atoms with E-state index in [1.807, 2.05) is 6.92 Å². The van der Waals surface area contributed by atoms with Crippen LogP contribution in [0, 0.1) is 5.92 Å². The Hall–Kier alpha value is -1.28. The van der Waals surface area contributed by atoms with Crippen molar-refractivity contribution in [2.45, 2.75) is 44.5 Å². The van der Waals surface area contributed by atoms with Crippen molar-refractivity contribution < 1.29 is 33.2 Å². The second-order valence-corrected chi connectivity index (χ2v) is 6.79. The molecule has 2 rings (SSSR count). The smallest absolute Gasteiger partial charge is 0.312 e. The quantitative estimate of drug-likeness (QED) is 0.455. The lowest BCUT2D eigenvalue weighted by Crippen LogP contribution is -2.48. The van der Waals surface area contributed by atoms with Gasteiger partial charge in [-0.05, 0) is 32.3 Å². The Bertz CT molecular complexity index is 560. The van der Waals surface area contributed by atoms with E-state index in [1.54, 1.807) is 27.4 Å². The summed E-state index contributed by atoms with van der Waals surface area (Å²) in [6.07, 6.45) is 2.78. The molecule has 2 aliphatic rings. The molecule has 27 heavy (non-hydrogen) atoms. The summed E-state index contributed by atoms with van der Waals surface area (Å²) in [5, 5.41) is 0.332. The number of hydrogen-bond donors (Lipinski definition) is 0. The summed E-state index contributed by atoms with van der Waals surface area (Å²) in [4.78, 5) is 12.2. The van der Waals surface area contributed by atoms with Gasteiger partial charge >= 0.3 is 5.97 Å². The van der Waals surface area contributed by atoms with Crippen LogP contribution in [-0.4, -0.2) is 65.4 Å². The number of halogens is 1. The van der Waals surface area contributed by atoms with Gasteiger partial charge in [0.1, 0.15) is 12.2 Å². The van der Waals surface area contributed by atoms with Crippen LogP contribution in [0.2, 0.25) is 0 Å². The van der Waals surface area contributed by atoms with Crippen molar-refractivity contribution in [3.05, 3.63) is 22.6 Å². The minimum atomic E-state index is -0.537. The predicted octanol–water partition coefficient (Wildman–Crippen LogP) is 2.78. The minimum Gasteiger partial charge on any atom is -0.490 e. The van der Waals surface area contributed by atoms with E-state index in [9.17, 15) is 4.79 Å². The van der Waals surface area contributed by atoms with Gasteiger partial charge in [-0.2, -0.15) is 0 Å². The molecule has 0 spiro atoms. The predicted molar refractivity (Wildman–Crippen MR) is 99.2 cm³/mol. The molecule has 0 aromatic heterocycles. The largest absolute Gasteiger partial charge is 0.490 e. The van der Waals surface area contributed by atoms with Crippen LogP contribution in [-0.2, 0) is 33.2 Å². The van der Waals surface area contributed by atoms with Crippen LogP contribution >= 0.6 is 11.6 Å². The van der Waals surface area contributed by atoms with Crippen molar-refractivity contribution in [2.24, 2.45) is 5.92 Å². The molecule has 1 saturated heterocycles. The molecule has 0 unspecified atom stereocenters. The molecule has 0 aromatic rings. The second kappa shape index (κ2) is 10.9. The van der Waals surface area contributed by atoms with Crippen molar-refractivity contribution >= 4 is 17.6 Å². The number of methoxy groups -OCH3 is 3. The first-order valence-corrected chi connectivity index (χ1v) is 9.57. The molecule has 0 N–H and O–H groups in total. The molecule has 0 bridgehead atoms. The first-order valence-electron chi connectivity index (χ1n) is 9.19. The van der Waals surface area contributed by atoms with Crippen molar-refractivity contribution in [1.82, 2.24) is 0 Å². The Morgan fingerprint density at radius 3 is 2.67 bits per heavy atom. The summed E-state index contributed by atoms with van der Waals surface area (Å²) in [6, 6.07) is 0. The van der Waals surface area contributed by atoms with E-state index >= 15 is 0 Å². The topological polar surface area (TPSA) is 72.5 Å². The molecule has 0 saturated carbocycles. The molecular formula is C19H29ClO7. The number of rotatable bonds is 8. The summed E-state index contributed by atoms with van der Waals surface area (Å²) in [6.45, 7) is 2.99. The third-order valence-corrected chi connectivity index (χ3v) is 4.98. The van der Waals surface area contributed by atoms with Gasteiger partial charge in [-0.15, -0.1) is 0 Å². The van der Waals surface area contributed by atoms with E-state index in [4.69, 9.17) is 40.0 Å². The highest BCUT2D eigenvalue weighted by Crippen LogP contribution is 2.36. The third-order valence-electron chi connectivity index (χ3n) is 4.59. The molecule has 154 valence electrons. The van der Waals surface area contributed by atoms with Crippen LogP contribution in [0.15, 0.2) is 22.6 Å². The molecule has 2 heterocycles. The lowest BCUT2D eigenvalue weighted by atomic mass is 9.99. The number of cyclic esters (lactones) is 1. The Balaban J connectivity index is 2.40. The maximum atomic E-state index is 12.2. The number of carbonyl (C=O) groups is 1. The lowest BCUT2D eigenvalue weighted by molar-refractivity contribution is -0.145. The minimum absolute atomic E-state index is 0.260. The molecule has 2 aliphatic heterocycles. The number of hydrogen-bond acceptors (Lipinski definition) is 7. The number of ether oxygens (including phenoxy) is 6. The Kier molecular flexibility index (Phi) is 8.89. The van der Waals surface area contributed by atoms with Crippen molar-refractivity contribution in [1.29, 1.82) is 0 Å². The third kappa shape index (κ3) is 5.38. The highest BCUT2D eigenvalue weighted by Gasteiger charge is 2.42. The van der Waals surface area contributed by atoms with Crippen LogP contribution < -0.4 is 0 Å². The first-order chi connectivity index (χ1) is 13.1. The molecule has 1 fully saturated rings. The van der Waals surface area contributed by atoms with Crippen LogP contribution in [0.4, 0.5) is 0 Å². The van der Waals surface area contributed by atoms with Crippen molar-refractivity contribution in [3.8, 4) is 0 Å². The zero-order valence-electron chi connectivity index (χ0n) is 16.4. The summed E-state index contributed by atoms with van der Waals surface area (Å²) >= 11 is 6.58. The summed E-state index contributed by atoms with van der Waals surface area (Å²) in [5.41, 5.74) is 0. The Labute approximate surface area is 165 Å². The Morgan fingerprint density at radius 1 is 1.26 bits per heavy atom. The van der Waals surface area contributed by atoms with Crippen molar-refractivity contribution in [2.75, 3.05) is 41.2 Å². The van der Waals surface area contributed by atoms with Crippen LogP contribution in [0.5, 0.6) is 0 Å². The zero-order chi connectivity index (χ0) is 19.8. The van der Waals surface area contributed by atoms with Gasteiger partial charge in [-0.1, -0.05) is 11.6 Å². The van der Waals surface area contributed by atoms with E-state index in [1.165, 1.54) is 0 Å². The molecule has 4 atom stereocenters. The molecule has 0 aliphatic carbocycles. The first kappa shape index (κ1) is 22.0. The average molecular weight is 405 g/mol. The second-order valence-electron chi connectivity index (χ2n) is 6.38. The summed E-state index contributed by atoms with van der Waals surface area (Å²) < 4.78 is 33.4. The van der Waals surface area contributed by atoms with E-state index < -0.39 is 24.2 Å². The SMILES string of the molecule is CCO/C(=C\[C@@H]1CCCCOC1=O)C1=C(Cl)[C@@H](OC)[C@H](OC)[C@@H](COC)O1. The maximum absolute atomic E-state index is 12.2. The van der Waals surface area contributed by atoms with E-state index in [-0.39, 0.29) is 12.6 Å². The molecule has 0 aromatic carbocycles. The summed E-state index contributed by atoms with van der Waals surface area (Å²) in [5.74, 6) is 0.0854. The Morgan fingerprint density at radius 2 is 2.04 bits per heavy atom. The fraction of sp³-hybridized carbons (Fsp3) is 0.737. The number of esters is 1. The van der Waals surface area contributed by atoms with E-state index in [0.29, 0.717) is 36.2 Å². The highest BCUT2D eigenvalue weighted by molar-refractivity contribution is 6.30. The molecule has 0 radical (unpaired) electrons.